The average molecular weight is 344 g/mol. The van der Waals surface area contributed by atoms with Crippen LogP contribution in [-0.2, 0) is 0 Å². The van der Waals surface area contributed by atoms with E-state index in [1.165, 1.54) is 44.6 Å². The highest BCUT2D eigenvalue weighted by atomic mass is 19.1. The molecular formula is C20H21FO4. The summed E-state index contributed by atoms with van der Waals surface area (Å²) in [6.45, 7) is 3.83. The number of aromatic hydroxyl groups is 1. The molecule has 4 nitrogen and oxygen atoms in total. The Balaban J connectivity index is 2.46. The molecule has 1 N–H and O–H groups in total. The Labute approximate surface area is 146 Å². The van der Waals surface area contributed by atoms with Crippen LogP contribution < -0.4 is 9.47 Å². The molecule has 0 aliphatic carbocycles. The van der Waals surface area contributed by atoms with E-state index in [1.54, 1.807) is 12.1 Å². The number of allylic oxidation sites excluding steroid dienone is 1. The first-order chi connectivity index (χ1) is 11.9. The summed E-state index contributed by atoms with van der Waals surface area (Å²) >= 11 is 0. The first-order valence-corrected chi connectivity index (χ1v) is 7.85. The summed E-state index contributed by atoms with van der Waals surface area (Å²) in [7, 11) is 2.89. The van der Waals surface area contributed by atoms with Crippen molar-refractivity contribution < 1.29 is 23.8 Å². The molecule has 0 radical (unpaired) electrons. The summed E-state index contributed by atoms with van der Waals surface area (Å²) in [4.78, 5) is 12.2. The lowest BCUT2D eigenvalue weighted by Gasteiger charge is -2.18. The van der Waals surface area contributed by atoms with Crippen molar-refractivity contribution in [3.63, 3.8) is 0 Å². The number of hydrogen-bond acceptors (Lipinski definition) is 4. The van der Waals surface area contributed by atoms with Crippen molar-refractivity contribution in [3.05, 3.63) is 58.9 Å². The van der Waals surface area contributed by atoms with Gasteiger partial charge in [-0.25, -0.2) is 4.39 Å². The zero-order valence-electron chi connectivity index (χ0n) is 14.7. The van der Waals surface area contributed by atoms with Gasteiger partial charge in [0.1, 0.15) is 11.5 Å². The standard InChI is InChI=1S/C20H21FO4/c1-12(2)18-17(24-3)11-13(19(21)20(18)25-4)9-10-16(23)14-7-5-6-8-15(14)22/h5-12,22H,1-4H3/b10-9+. The Morgan fingerprint density at radius 2 is 1.88 bits per heavy atom. The number of halogens is 1. The van der Waals surface area contributed by atoms with Gasteiger partial charge in [-0.1, -0.05) is 26.0 Å². The molecule has 0 amide bonds. The minimum Gasteiger partial charge on any atom is -0.507 e. The van der Waals surface area contributed by atoms with Crippen LogP contribution in [0.3, 0.4) is 0 Å². The highest BCUT2D eigenvalue weighted by molar-refractivity contribution is 6.08. The lowest BCUT2D eigenvalue weighted by Crippen LogP contribution is -2.03. The summed E-state index contributed by atoms with van der Waals surface area (Å²) in [6, 6.07) is 7.72. The Bertz CT molecular complexity index is 810. The molecule has 0 aliphatic rings. The molecule has 2 aromatic rings. The van der Waals surface area contributed by atoms with Gasteiger partial charge < -0.3 is 14.6 Å². The van der Waals surface area contributed by atoms with Crippen LogP contribution in [0.2, 0.25) is 0 Å². The van der Waals surface area contributed by atoms with Crippen molar-refractivity contribution in [2.24, 2.45) is 0 Å². The normalized spacial score (nSPS) is 11.1. The van der Waals surface area contributed by atoms with E-state index in [4.69, 9.17) is 9.47 Å². The van der Waals surface area contributed by atoms with Crippen molar-refractivity contribution in [2.75, 3.05) is 14.2 Å². The number of benzene rings is 2. The molecule has 0 heterocycles. The number of ketones is 1. The third kappa shape index (κ3) is 3.82. The molecule has 0 bridgehead atoms. The van der Waals surface area contributed by atoms with E-state index in [1.807, 2.05) is 13.8 Å². The molecule has 2 aromatic carbocycles. The fourth-order valence-corrected chi connectivity index (χ4v) is 2.62. The second-order valence-corrected chi connectivity index (χ2v) is 5.80. The van der Waals surface area contributed by atoms with Crippen LogP contribution in [0.1, 0.15) is 41.3 Å². The van der Waals surface area contributed by atoms with E-state index in [0.717, 1.165) is 0 Å². The monoisotopic (exact) mass is 344 g/mol. The highest BCUT2D eigenvalue weighted by Crippen LogP contribution is 2.39. The molecule has 0 saturated carbocycles. The van der Waals surface area contributed by atoms with Crippen LogP contribution in [0, 0.1) is 5.82 Å². The van der Waals surface area contributed by atoms with Crippen LogP contribution in [0.25, 0.3) is 6.08 Å². The van der Waals surface area contributed by atoms with Gasteiger partial charge in [0.05, 0.1) is 19.8 Å². The van der Waals surface area contributed by atoms with Gasteiger partial charge in [0.25, 0.3) is 0 Å². The summed E-state index contributed by atoms with van der Waals surface area (Å²) < 4.78 is 25.3. The fraction of sp³-hybridized carbons (Fsp3) is 0.250. The largest absolute Gasteiger partial charge is 0.507 e. The highest BCUT2D eigenvalue weighted by Gasteiger charge is 2.21. The Morgan fingerprint density at radius 1 is 1.20 bits per heavy atom. The van der Waals surface area contributed by atoms with Crippen LogP contribution >= 0.6 is 0 Å². The van der Waals surface area contributed by atoms with Crippen molar-refractivity contribution in [2.45, 2.75) is 19.8 Å². The molecule has 0 atom stereocenters. The number of ether oxygens (including phenoxy) is 2. The molecule has 0 aromatic heterocycles. The Hall–Kier alpha value is -2.82. The van der Waals surface area contributed by atoms with Crippen molar-refractivity contribution >= 4 is 11.9 Å². The minimum atomic E-state index is -0.562. The summed E-state index contributed by atoms with van der Waals surface area (Å²) in [6.07, 6.45) is 2.56. The second-order valence-electron chi connectivity index (χ2n) is 5.80. The molecule has 0 fully saturated rings. The van der Waals surface area contributed by atoms with Crippen LogP contribution in [-0.4, -0.2) is 25.1 Å². The van der Waals surface area contributed by atoms with E-state index >= 15 is 0 Å². The quantitative estimate of drug-likeness (QED) is 0.616. The molecule has 0 unspecified atom stereocenters. The summed E-state index contributed by atoms with van der Waals surface area (Å²) in [5.74, 6) is -0.521. The molecule has 2 rings (SSSR count). The number of hydrogen-bond donors (Lipinski definition) is 1. The first-order valence-electron chi connectivity index (χ1n) is 7.85. The topological polar surface area (TPSA) is 55.8 Å². The number of rotatable bonds is 6. The first kappa shape index (κ1) is 18.5. The zero-order valence-corrected chi connectivity index (χ0v) is 14.7. The van der Waals surface area contributed by atoms with Gasteiger partial charge in [0.15, 0.2) is 17.3 Å². The van der Waals surface area contributed by atoms with E-state index in [2.05, 4.69) is 0 Å². The number of para-hydroxylation sites is 1. The van der Waals surface area contributed by atoms with E-state index in [0.29, 0.717) is 11.3 Å². The van der Waals surface area contributed by atoms with E-state index in [-0.39, 0.29) is 28.5 Å². The predicted octanol–water partition coefficient (Wildman–Crippen LogP) is 4.57. The molecule has 0 aliphatic heterocycles. The van der Waals surface area contributed by atoms with Gasteiger partial charge in [0, 0.05) is 11.1 Å². The minimum absolute atomic E-state index is 0.000303. The number of carbonyl (C=O) groups is 1. The van der Waals surface area contributed by atoms with Gasteiger partial charge in [-0.3, -0.25) is 4.79 Å². The summed E-state index contributed by atoms with van der Waals surface area (Å²) in [5, 5.41) is 9.73. The zero-order chi connectivity index (χ0) is 18.6. The molecular weight excluding hydrogens is 323 g/mol. The Kier molecular flexibility index (Phi) is 5.80. The van der Waals surface area contributed by atoms with Crippen molar-refractivity contribution in [1.29, 1.82) is 0 Å². The number of phenols is 1. The van der Waals surface area contributed by atoms with Gasteiger partial charge in [-0.2, -0.15) is 0 Å². The number of carbonyl (C=O) groups excluding carboxylic acids is 1. The predicted molar refractivity (Wildman–Crippen MR) is 95.1 cm³/mol. The number of phenolic OH excluding ortho intramolecular Hbond substituents is 1. The maximum absolute atomic E-state index is 14.7. The molecule has 0 spiro atoms. The third-order valence-electron chi connectivity index (χ3n) is 3.83. The van der Waals surface area contributed by atoms with Crippen LogP contribution in [0.5, 0.6) is 17.2 Å². The molecule has 25 heavy (non-hydrogen) atoms. The van der Waals surface area contributed by atoms with Crippen LogP contribution in [0.4, 0.5) is 4.39 Å². The van der Waals surface area contributed by atoms with E-state index < -0.39 is 11.6 Å². The maximum atomic E-state index is 14.7. The van der Waals surface area contributed by atoms with Crippen molar-refractivity contribution in [1.82, 2.24) is 0 Å². The maximum Gasteiger partial charge on any atom is 0.189 e. The number of methoxy groups -OCH3 is 2. The second kappa shape index (κ2) is 7.83. The molecule has 0 saturated heterocycles. The average Bonchev–Trinajstić information content (AvgIpc) is 2.60. The smallest absolute Gasteiger partial charge is 0.189 e. The third-order valence-corrected chi connectivity index (χ3v) is 3.83. The SMILES string of the molecule is COc1cc(/C=C/C(=O)c2ccccc2O)c(F)c(OC)c1C(C)C. The Morgan fingerprint density at radius 3 is 2.44 bits per heavy atom. The van der Waals surface area contributed by atoms with Gasteiger partial charge in [-0.05, 0) is 36.3 Å². The molecule has 5 heteroatoms. The lowest BCUT2D eigenvalue weighted by molar-refractivity contribution is 0.104. The van der Waals surface area contributed by atoms with Crippen molar-refractivity contribution in [3.8, 4) is 17.2 Å². The van der Waals surface area contributed by atoms with Gasteiger partial charge in [0.2, 0.25) is 0 Å². The van der Waals surface area contributed by atoms with Crippen LogP contribution in [0.15, 0.2) is 36.4 Å². The molecule has 132 valence electrons. The summed E-state index contributed by atoms with van der Waals surface area (Å²) in [5.41, 5.74) is 0.949. The lowest BCUT2D eigenvalue weighted by atomic mass is 9.97. The van der Waals surface area contributed by atoms with Gasteiger partial charge >= 0.3 is 0 Å². The van der Waals surface area contributed by atoms with Gasteiger partial charge in [-0.15, -0.1) is 0 Å². The van der Waals surface area contributed by atoms with E-state index in [9.17, 15) is 14.3 Å². The fourth-order valence-electron chi connectivity index (χ4n) is 2.62.